The van der Waals surface area contributed by atoms with E-state index in [-0.39, 0.29) is 37.9 Å². The first-order valence-electron chi connectivity index (χ1n) is 7.02. The van der Waals surface area contributed by atoms with Crippen molar-refractivity contribution in [2.75, 3.05) is 13.2 Å². The fourth-order valence-corrected chi connectivity index (χ4v) is 2.28. The van der Waals surface area contributed by atoms with Gasteiger partial charge < -0.3 is 14.6 Å². The zero-order valence-corrected chi connectivity index (χ0v) is 12.9. The Kier molecular flexibility index (Phi) is 5.57. The molecule has 0 aromatic rings. The topological polar surface area (TPSA) is 93.1 Å². The standard InChI is InChI=1S/C14H23NO6/c1-5-20-11(16)7-9-6-10(12(17)18)15(8-9)13(19)21-14(2,3)4/h9-10H,5-8H2,1-4H3,(H,17,18)/t9-,10-/m0/s1. The number of carbonyl (C=O) groups is 3. The van der Waals surface area contributed by atoms with Gasteiger partial charge in [0, 0.05) is 6.54 Å². The molecule has 0 aromatic heterocycles. The molecule has 1 heterocycles. The Morgan fingerprint density at radius 1 is 1.29 bits per heavy atom. The van der Waals surface area contributed by atoms with E-state index < -0.39 is 23.7 Å². The molecule has 7 nitrogen and oxygen atoms in total. The molecule has 0 aromatic carbocycles. The molecule has 0 saturated carbocycles. The molecule has 1 aliphatic rings. The van der Waals surface area contributed by atoms with Crippen LogP contribution in [0.15, 0.2) is 0 Å². The number of likely N-dealkylation sites (tertiary alicyclic amines) is 1. The summed E-state index contributed by atoms with van der Waals surface area (Å²) < 4.78 is 10.1. The molecule has 21 heavy (non-hydrogen) atoms. The number of carbonyl (C=O) groups excluding carboxylic acids is 2. The number of hydrogen-bond donors (Lipinski definition) is 1. The number of carboxylic acids is 1. The Balaban J connectivity index is 2.71. The molecule has 0 spiro atoms. The molecule has 1 saturated heterocycles. The predicted octanol–water partition coefficient (Wildman–Crippen LogP) is 1.65. The zero-order chi connectivity index (χ0) is 16.2. The van der Waals surface area contributed by atoms with Gasteiger partial charge in [0.25, 0.3) is 0 Å². The molecular weight excluding hydrogens is 278 g/mol. The highest BCUT2D eigenvalue weighted by atomic mass is 16.6. The van der Waals surface area contributed by atoms with Crippen molar-refractivity contribution in [3.63, 3.8) is 0 Å². The van der Waals surface area contributed by atoms with E-state index in [1.807, 2.05) is 0 Å². The van der Waals surface area contributed by atoms with Crippen molar-refractivity contribution in [3.05, 3.63) is 0 Å². The van der Waals surface area contributed by atoms with Crippen LogP contribution in [0.25, 0.3) is 0 Å². The molecule has 7 heteroatoms. The highest BCUT2D eigenvalue weighted by Crippen LogP contribution is 2.28. The van der Waals surface area contributed by atoms with Crippen molar-refractivity contribution in [1.29, 1.82) is 0 Å². The lowest BCUT2D eigenvalue weighted by Crippen LogP contribution is -2.43. The van der Waals surface area contributed by atoms with Crippen LogP contribution in [-0.2, 0) is 19.1 Å². The Hall–Kier alpha value is -1.79. The summed E-state index contributed by atoms with van der Waals surface area (Å²) in [5.74, 6) is -1.69. The Labute approximate surface area is 124 Å². The predicted molar refractivity (Wildman–Crippen MR) is 73.7 cm³/mol. The maximum Gasteiger partial charge on any atom is 0.411 e. The van der Waals surface area contributed by atoms with Crippen LogP contribution in [0.3, 0.4) is 0 Å². The van der Waals surface area contributed by atoms with E-state index in [9.17, 15) is 19.5 Å². The van der Waals surface area contributed by atoms with E-state index in [0.29, 0.717) is 0 Å². The largest absolute Gasteiger partial charge is 0.480 e. The van der Waals surface area contributed by atoms with Gasteiger partial charge in [-0.15, -0.1) is 0 Å². The fraction of sp³-hybridized carbons (Fsp3) is 0.786. The SMILES string of the molecule is CCOC(=O)C[C@@H]1C[C@@H](C(=O)O)N(C(=O)OC(C)(C)C)C1. The summed E-state index contributed by atoms with van der Waals surface area (Å²) >= 11 is 0. The van der Waals surface area contributed by atoms with E-state index in [1.54, 1.807) is 27.7 Å². The highest BCUT2D eigenvalue weighted by Gasteiger charge is 2.42. The molecule has 1 rings (SSSR count). The van der Waals surface area contributed by atoms with Gasteiger partial charge in [-0.2, -0.15) is 0 Å². The maximum absolute atomic E-state index is 12.1. The molecule has 2 atom stereocenters. The second-order valence-corrected chi connectivity index (χ2v) is 6.10. The number of aliphatic carboxylic acids is 1. The molecule has 1 aliphatic heterocycles. The summed E-state index contributed by atoms with van der Waals surface area (Å²) in [6.07, 6.45) is -0.328. The monoisotopic (exact) mass is 301 g/mol. The third kappa shape index (κ3) is 5.24. The van der Waals surface area contributed by atoms with Gasteiger partial charge in [0.15, 0.2) is 0 Å². The number of nitrogens with zero attached hydrogens (tertiary/aromatic N) is 1. The van der Waals surface area contributed by atoms with Crippen LogP contribution < -0.4 is 0 Å². The number of rotatable bonds is 4. The van der Waals surface area contributed by atoms with E-state index in [1.165, 1.54) is 4.90 Å². The first-order chi connectivity index (χ1) is 9.64. The number of carboxylic acid groups (broad SMARTS) is 1. The van der Waals surface area contributed by atoms with Gasteiger partial charge in [0.1, 0.15) is 11.6 Å². The Morgan fingerprint density at radius 2 is 1.90 bits per heavy atom. The van der Waals surface area contributed by atoms with Gasteiger partial charge in [-0.05, 0) is 40.0 Å². The summed E-state index contributed by atoms with van der Waals surface area (Å²) in [5.41, 5.74) is -0.695. The van der Waals surface area contributed by atoms with Crippen molar-refractivity contribution in [2.24, 2.45) is 5.92 Å². The molecule has 120 valence electrons. The average molecular weight is 301 g/mol. The summed E-state index contributed by atoms with van der Waals surface area (Å²) in [7, 11) is 0. The maximum atomic E-state index is 12.1. The minimum Gasteiger partial charge on any atom is -0.480 e. The average Bonchev–Trinajstić information content (AvgIpc) is 2.71. The van der Waals surface area contributed by atoms with Crippen LogP contribution in [0.4, 0.5) is 4.79 Å². The Morgan fingerprint density at radius 3 is 2.38 bits per heavy atom. The summed E-state index contributed by atoms with van der Waals surface area (Å²) in [6, 6.07) is -0.959. The highest BCUT2D eigenvalue weighted by molar-refractivity contribution is 5.81. The lowest BCUT2D eigenvalue weighted by molar-refractivity contribution is -0.144. The van der Waals surface area contributed by atoms with Crippen molar-refractivity contribution >= 4 is 18.0 Å². The fourth-order valence-electron chi connectivity index (χ4n) is 2.28. The quantitative estimate of drug-likeness (QED) is 0.794. The van der Waals surface area contributed by atoms with Crippen molar-refractivity contribution in [1.82, 2.24) is 4.90 Å². The summed E-state index contributed by atoms with van der Waals surface area (Å²) in [6.45, 7) is 7.32. The zero-order valence-electron chi connectivity index (χ0n) is 12.9. The van der Waals surface area contributed by atoms with E-state index >= 15 is 0 Å². The minimum absolute atomic E-state index is 0.108. The third-order valence-electron chi connectivity index (χ3n) is 3.06. The van der Waals surface area contributed by atoms with Gasteiger partial charge in [0.05, 0.1) is 13.0 Å². The molecule has 0 bridgehead atoms. The van der Waals surface area contributed by atoms with E-state index in [0.717, 1.165) is 0 Å². The smallest absolute Gasteiger partial charge is 0.411 e. The first-order valence-corrected chi connectivity index (χ1v) is 7.02. The van der Waals surface area contributed by atoms with Gasteiger partial charge >= 0.3 is 18.0 Å². The number of ether oxygens (including phenoxy) is 2. The van der Waals surface area contributed by atoms with E-state index in [2.05, 4.69) is 0 Å². The van der Waals surface area contributed by atoms with Crippen LogP contribution in [0.1, 0.15) is 40.5 Å². The van der Waals surface area contributed by atoms with Crippen molar-refractivity contribution in [3.8, 4) is 0 Å². The van der Waals surface area contributed by atoms with Gasteiger partial charge in [0.2, 0.25) is 0 Å². The Bertz CT molecular complexity index is 414. The van der Waals surface area contributed by atoms with Gasteiger partial charge in [-0.1, -0.05) is 0 Å². The normalized spacial score (nSPS) is 22.0. The summed E-state index contributed by atoms with van der Waals surface area (Å²) in [5, 5.41) is 9.22. The molecule has 1 N–H and O–H groups in total. The van der Waals surface area contributed by atoms with Crippen LogP contribution in [0, 0.1) is 5.92 Å². The van der Waals surface area contributed by atoms with Crippen molar-refractivity contribution < 1.29 is 29.0 Å². The molecule has 0 unspecified atom stereocenters. The molecule has 1 amide bonds. The summed E-state index contributed by atoms with van der Waals surface area (Å²) in [4.78, 5) is 36.0. The number of esters is 1. The first kappa shape index (κ1) is 17.3. The minimum atomic E-state index is -1.09. The van der Waals surface area contributed by atoms with Crippen LogP contribution >= 0.6 is 0 Å². The molecule has 0 radical (unpaired) electrons. The van der Waals surface area contributed by atoms with Crippen molar-refractivity contribution in [2.45, 2.75) is 52.2 Å². The lowest BCUT2D eigenvalue weighted by atomic mass is 10.0. The van der Waals surface area contributed by atoms with Crippen LogP contribution in [0.5, 0.6) is 0 Å². The lowest BCUT2D eigenvalue weighted by Gasteiger charge is -2.26. The molecule has 1 fully saturated rings. The van der Waals surface area contributed by atoms with Crippen LogP contribution in [0.2, 0.25) is 0 Å². The second-order valence-electron chi connectivity index (χ2n) is 6.10. The van der Waals surface area contributed by atoms with E-state index in [4.69, 9.17) is 9.47 Å². The third-order valence-corrected chi connectivity index (χ3v) is 3.06. The van der Waals surface area contributed by atoms with Crippen LogP contribution in [-0.4, -0.2) is 52.8 Å². The van der Waals surface area contributed by atoms with Gasteiger partial charge in [-0.3, -0.25) is 9.69 Å². The second kappa shape index (κ2) is 6.78. The molecular formula is C14H23NO6. The molecule has 0 aliphatic carbocycles. The number of hydrogen-bond acceptors (Lipinski definition) is 5. The van der Waals surface area contributed by atoms with Gasteiger partial charge in [-0.25, -0.2) is 9.59 Å². The number of amides is 1.